The van der Waals surface area contributed by atoms with Crippen molar-refractivity contribution in [2.24, 2.45) is 0 Å². The highest BCUT2D eigenvalue weighted by Gasteiger charge is 2.16. The summed E-state index contributed by atoms with van der Waals surface area (Å²) in [5.41, 5.74) is 4.19. The van der Waals surface area contributed by atoms with E-state index in [4.69, 9.17) is 10.2 Å². The summed E-state index contributed by atoms with van der Waals surface area (Å²) in [6.07, 6.45) is 4.73. The maximum absolute atomic E-state index is 11.1. The molecule has 28 heavy (non-hydrogen) atoms. The lowest BCUT2D eigenvalue weighted by atomic mass is 10.0. The van der Waals surface area contributed by atoms with E-state index in [2.05, 4.69) is 35.5 Å². The third kappa shape index (κ3) is 3.85. The molecule has 0 unspecified atom stereocenters. The smallest absolute Gasteiger partial charge is 0.355 e. The van der Waals surface area contributed by atoms with Gasteiger partial charge in [0.15, 0.2) is 5.69 Å². The van der Waals surface area contributed by atoms with Gasteiger partial charge in [0.2, 0.25) is 5.13 Å². The predicted molar refractivity (Wildman–Crippen MR) is 113 cm³/mol. The fourth-order valence-electron chi connectivity index (χ4n) is 2.91. The molecule has 0 amide bonds. The van der Waals surface area contributed by atoms with Crippen molar-refractivity contribution < 1.29 is 9.90 Å². The molecule has 0 saturated carbocycles. The molecular formula is C21H17N3O2S2. The van der Waals surface area contributed by atoms with E-state index in [1.54, 1.807) is 16.4 Å². The number of aromatic carboxylic acids is 1. The van der Waals surface area contributed by atoms with E-state index in [1.807, 2.05) is 36.5 Å². The van der Waals surface area contributed by atoms with Gasteiger partial charge in [0.25, 0.3) is 0 Å². The zero-order chi connectivity index (χ0) is 19.5. The van der Waals surface area contributed by atoms with Crippen molar-refractivity contribution in [2.45, 2.75) is 11.3 Å². The number of hydrogen-bond donors (Lipinski definition) is 1. The summed E-state index contributed by atoms with van der Waals surface area (Å²) in [7, 11) is 0. The molecule has 0 bridgehead atoms. The minimum absolute atomic E-state index is 0.0333. The number of thioether (sulfide) groups is 1. The van der Waals surface area contributed by atoms with Crippen molar-refractivity contribution in [3.8, 4) is 16.4 Å². The van der Waals surface area contributed by atoms with E-state index < -0.39 is 5.97 Å². The first-order valence-corrected chi connectivity index (χ1v) is 10.7. The number of aromatic nitrogens is 3. The Hall–Kier alpha value is -2.90. The van der Waals surface area contributed by atoms with Crippen molar-refractivity contribution in [2.75, 3.05) is 6.26 Å². The molecule has 2 heterocycles. The second kappa shape index (κ2) is 8.00. The average molecular weight is 408 g/mol. The second-order valence-electron chi connectivity index (χ2n) is 6.16. The van der Waals surface area contributed by atoms with Crippen LogP contribution in [0.2, 0.25) is 0 Å². The van der Waals surface area contributed by atoms with E-state index in [1.165, 1.54) is 27.2 Å². The van der Waals surface area contributed by atoms with Crippen LogP contribution in [0.4, 0.5) is 0 Å². The third-order valence-corrected chi connectivity index (χ3v) is 5.87. The van der Waals surface area contributed by atoms with Gasteiger partial charge < -0.3 is 5.11 Å². The van der Waals surface area contributed by atoms with Crippen molar-refractivity contribution in [1.29, 1.82) is 0 Å². The first kappa shape index (κ1) is 18.5. The zero-order valence-electron chi connectivity index (χ0n) is 15.1. The summed E-state index contributed by atoms with van der Waals surface area (Å²) in [6.45, 7) is 0. The minimum atomic E-state index is -1.04. The monoisotopic (exact) mass is 407 g/mol. The molecule has 0 aliphatic rings. The lowest BCUT2D eigenvalue weighted by molar-refractivity contribution is 0.0691. The molecule has 0 radical (unpaired) electrons. The zero-order valence-corrected chi connectivity index (χ0v) is 16.7. The first-order valence-electron chi connectivity index (χ1n) is 8.60. The predicted octanol–water partition coefficient (Wildman–Crippen LogP) is 5.01. The lowest BCUT2D eigenvalue weighted by Gasteiger charge is -2.04. The molecule has 2 aromatic carbocycles. The van der Waals surface area contributed by atoms with Gasteiger partial charge in [-0.15, -0.1) is 23.1 Å². The molecule has 7 heteroatoms. The topological polar surface area (TPSA) is 68.0 Å². The van der Waals surface area contributed by atoms with E-state index in [9.17, 15) is 4.79 Å². The Morgan fingerprint density at radius 3 is 2.54 bits per heavy atom. The van der Waals surface area contributed by atoms with Gasteiger partial charge in [-0.1, -0.05) is 42.5 Å². The van der Waals surface area contributed by atoms with Gasteiger partial charge in [-0.2, -0.15) is 5.10 Å². The van der Waals surface area contributed by atoms with Crippen LogP contribution in [0.25, 0.3) is 16.4 Å². The van der Waals surface area contributed by atoms with Crippen molar-refractivity contribution in [3.05, 3.63) is 83.0 Å². The van der Waals surface area contributed by atoms with Crippen LogP contribution in [0.5, 0.6) is 0 Å². The Bertz CT molecular complexity index is 1100. The lowest BCUT2D eigenvalue weighted by Crippen LogP contribution is -1.99. The molecule has 0 aliphatic heterocycles. The standard InChI is InChI=1S/C21H17N3O2S2/c1-27-17-9-7-14(8-10-17)11-16-12-24(21-22-18(13-28-21)20(25)26)23-19(16)15-5-3-2-4-6-15/h2-10,12-13H,11H2,1H3,(H,25,26). The molecule has 0 spiro atoms. The Kier molecular flexibility index (Phi) is 5.27. The maximum Gasteiger partial charge on any atom is 0.355 e. The molecule has 5 nitrogen and oxygen atoms in total. The highest BCUT2D eigenvalue weighted by Crippen LogP contribution is 2.27. The minimum Gasteiger partial charge on any atom is -0.476 e. The number of carboxylic acid groups (broad SMARTS) is 1. The van der Waals surface area contributed by atoms with Crippen molar-refractivity contribution in [3.63, 3.8) is 0 Å². The van der Waals surface area contributed by atoms with Gasteiger partial charge in [-0.05, 0) is 24.0 Å². The summed E-state index contributed by atoms with van der Waals surface area (Å²) in [4.78, 5) is 16.5. The van der Waals surface area contributed by atoms with Crippen LogP contribution in [0.1, 0.15) is 21.6 Å². The van der Waals surface area contributed by atoms with Gasteiger partial charge in [0, 0.05) is 34.0 Å². The Balaban J connectivity index is 1.74. The fraction of sp³-hybridized carbons (Fsp3) is 0.0952. The molecule has 0 fully saturated rings. The number of carbonyl (C=O) groups is 1. The summed E-state index contributed by atoms with van der Waals surface area (Å²) in [5.74, 6) is -1.04. The molecule has 140 valence electrons. The molecular weight excluding hydrogens is 390 g/mol. The van der Waals surface area contributed by atoms with Crippen LogP contribution in [0.15, 0.2) is 71.1 Å². The van der Waals surface area contributed by atoms with Crippen LogP contribution in [0.3, 0.4) is 0 Å². The SMILES string of the molecule is CSc1ccc(Cc2cn(-c3nc(C(=O)O)cs3)nc2-c2ccccc2)cc1. The molecule has 4 rings (SSSR count). The van der Waals surface area contributed by atoms with Gasteiger partial charge >= 0.3 is 5.97 Å². The Morgan fingerprint density at radius 2 is 1.89 bits per heavy atom. The third-order valence-electron chi connectivity index (χ3n) is 4.30. The van der Waals surface area contributed by atoms with Crippen LogP contribution in [-0.2, 0) is 6.42 Å². The van der Waals surface area contributed by atoms with E-state index in [0.29, 0.717) is 5.13 Å². The number of benzene rings is 2. The summed E-state index contributed by atoms with van der Waals surface area (Å²) < 4.78 is 1.67. The van der Waals surface area contributed by atoms with Crippen LogP contribution in [0, 0.1) is 0 Å². The van der Waals surface area contributed by atoms with E-state index in [-0.39, 0.29) is 5.69 Å². The normalized spacial score (nSPS) is 10.9. The Morgan fingerprint density at radius 1 is 1.14 bits per heavy atom. The highest BCUT2D eigenvalue weighted by atomic mass is 32.2. The van der Waals surface area contributed by atoms with Crippen LogP contribution < -0.4 is 0 Å². The second-order valence-corrected chi connectivity index (χ2v) is 7.88. The highest BCUT2D eigenvalue weighted by molar-refractivity contribution is 7.98. The fourth-order valence-corrected chi connectivity index (χ4v) is 4.04. The van der Waals surface area contributed by atoms with Gasteiger partial charge in [-0.25, -0.2) is 14.5 Å². The van der Waals surface area contributed by atoms with Crippen LogP contribution in [-0.4, -0.2) is 32.1 Å². The molecule has 4 aromatic rings. The van der Waals surface area contributed by atoms with E-state index >= 15 is 0 Å². The van der Waals surface area contributed by atoms with Gasteiger partial charge in [0.05, 0.1) is 5.69 Å². The van der Waals surface area contributed by atoms with Crippen molar-refractivity contribution in [1.82, 2.24) is 14.8 Å². The summed E-state index contributed by atoms with van der Waals surface area (Å²) >= 11 is 2.98. The molecule has 2 aromatic heterocycles. The molecule has 0 atom stereocenters. The van der Waals surface area contributed by atoms with Gasteiger partial charge in [0.1, 0.15) is 0 Å². The summed E-state index contributed by atoms with van der Waals surface area (Å²) in [5, 5.41) is 15.9. The van der Waals surface area contributed by atoms with Crippen molar-refractivity contribution >= 4 is 29.1 Å². The molecule has 1 N–H and O–H groups in total. The average Bonchev–Trinajstić information content (AvgIpc) is 3.37. The largest absolute Gasteiger partial charge is 0.476 e. The number of rotatable bonds is 6. The van der Waals surface area contributed by atoms with Crippen LogP contribution >= 0.6 is 23.1 Å². The number of nitrogens with zero attached hydrogens (tertiary/aromatic N) is 3. The van der Waals surface area contributed by atoms with E-state index in [0.717, 1.165) is 23.2 Å². The molecule has 0 aliphatic carbocycles. The molecule has 0 saturated heterocycles. The number of thiazole rings is 1. The Labute approximate surface area is 170 Å². The first-order chi connectivity index (χ1) is 13.6. The van der Waals surface area contributed by atoms with Gasteiger partial charge in [-0.3, -0.25) is 0 Å². The quantitative estimate of drug-likeness (QED) is 0.455. The number of hydrogen-bond acceptors (Lipinski definition) is 5. The maximum atomic E-state index is 11.1. The summed E-state index contributed by atoms with van der Waals surface area (Å²) in [6, 6.07) is 18.5. The number of carboxylic acids is 1.